The second-order valence-corrected chi connectivity index (χ2v) is 4.06. The monoisotopic (exact) mass is 247 g/mol. The third kappa shape index (κ3) is 2.88. The van der Waals surface area contributed by atoms with Gasteiger partial charge in [0.1, 0.15) is 18.1 Å². The molecule has 2 rings (SSSR count). The fraction of sp³-hybridized carbons (Fsp3) is 0.273. The van der Waals surface area contributed by atoms with Crippen molar-refractivity contribution in [2.24, 2.45) is 7.05 Å². The lowest BCUT2D eigenvalue weighted by atomic mass is 9.77. The van der Waals surface area contributed by atoms with Crippen LogP contribution in [0.1, 0.15) is 11.3 Å². The summed E-state index contributed by atoms with van der Waals surface area (Å²) in [4.78, 5) is 0. The molecule has 0 aliphatic carbocycles. The number of aryl methyl sites for hydroxylation is 2. The highest BCUT2D eigenvalue weighted by atomic mass is 16.5. The molecule has 1 aromatic heterocycles. The van der Waals surface area contributed by atoms with Crippen LogP contribution in [-0.4, -0.2) is 32.2 Å². The molecular formula is C11H14BN3O3. The van der Waals surface area contributed by atoms with Crippen molar-refractivity contribution in [3.63, 3.8) is 0 Å². The Labute approximate surface area is 105 Å². The summed E-state index contributed by atoms with van der Waals surface area (Å²) >= 11 is 0. The van der Waals surface area contributed by atoms with Gasteiger partial charge in [-0.15, -0.1) is 5.10 Å². The second-order valence-electron chi connectivity index (χ2n) is 4.06. The Balaban J connectivity index is 2.04. The lowest BCUT2D eigenvalue weighted by Gasteiger charge is -2.08. The Kier molecular flexibility index (Phi) is 3.64. The van der Waals surface area contributed by atoms with E-state index in [-0.39, 0.29) is 0 Å². The highest BCUT2D eigenvalue weighted by Gasteiger charge is 2.14. The molecule has 18 heavy (non-hydrogen) atoms. The zero-order valence-electron chi connectivity index (χ0n) is 10.2. The van der Waals surface area contributed by atoms with Gasteiger partial charge in [-0.2, -0.15) is 0 Å². The molecule has 0 aliphatic rings. The molecule has 94 valence electrons. The summed E-state index contributed by atoms with van der Waals surface area (Å²) in [6.45, 7) is 2.12. The molecule has 6 nitrogen and oxygen atoms in total. The van der Waals surface area contributed by atoms with Gasteiger partial charge in [0, 0.05) is 7.05 Å². The number of hydrogen-bond acceptors (Lipinski definition) is 5. The van der Waals surface area contributed by atoms with Gasteiger partial charge >= 0.3 is 7.12 Å². The van der Waals surface area contributed by atoms with Crippen molar-refractivity contribution < 1.29 is 14.8 Å². The van der Waals surface area contributed by atoms with E-state index >= 15 is 0 Å². The molecule has 1 aromatic carbocycles. The summed E-state index contributed by atoms with van der Waals surface area (Å²) in [5.74, 6) is 0.655. The van der Waals surface area contributed by atoms with Crippen LogP contribution < -0.4 is 10.2 Å². The van der Waals surface area contributed by atoms with Crippen molar-refractivity contribution in [3.05, 3.63) is 35.7 Å². The molecule has 7 heteroatoms. The van der Waals surface area contributed by atoms with Crippen LogP contribution in [0.4, 0.5) is 0 Å². The van der Waals surface area contributed by atoms with E-state index in [1.165, 1.54) is 0 Å². The summed E-state index contributed by atoms with van der Waals surface area (Å²) < 4.78 is 7.15. The van der Waals surface area contributed by atoms with Crippen molar-refractivity contribution in [1.82, 2.24) is 15.0 Å². The van der Waals surface area contributed by atoms with Crippen molar-refractivity contribution >= 4 is 12.6 Å². The molecular weight excluding hydrogens is 233 g/mol. The quantitative estimate of drug-likeness (QED) is 0.704. The molecule has 0 amide bonds. The van der Waals surface area contributed by atoms with Gasteiger partial charge in [0.2, 0.25) is 0 Å². The van der Waals surface area contributed by atoms with Gasteiger partial charge in [-0.25, -0.2) is 0 Å². The highest BCUT2D eigenvalue weighted by Crippen LogP contribution is 2.13. The van der Waals surface area contributed by atoms with Crippen LogP contribution in [0.25, 0.3) is 0 Å². The smallest absolute Gasteiger partial charge is 0.487 e. The average Bonchev–Trinajstić information content (AvgIpc) is 2.72. The molecule has 0 saturated carbocycles. The first-order valence-corrected chi connectivity index (χ1v) is 5.51. The van der Waals surface area contributed by atoms with E-state index in [0.717, 1.165) is 11.3 Å². The van der Waals surface area contributed by atoms with Crippen LogP contribution in [0.2, 0.25) is 0 Å². The predicted octanol–water partition coefficient (Wildman–Crippen LogP) is -0.618. The SMILES string of the molecule is Cc1cc(OCc2cn(C)nn2)ccc1B(O)O. The molecule has 0 fully saturated rings. The van der Waals surface area contributed by atoms with Crippen molar-refractivity contribution in [2.45, 2.75) is 13.5 Å². The summed E-state index contributed by atoms with van der Waals surface area (Å²) in [5.41, 5.74) is 1.98. The second kappa shape index (κ2) is 5.20. The largest absolute Gasteiger partial charge is 0.488 e. The van der Waals surface area contributed by atoms with E-state index in [0.29, 0.717) is 17.8 Å². The van der Waals surface area contributed by atoms with Gasteiger partial charge in [-0.1, -0.05) is 11.3 Å². The first kappa shape index (κ1) is 12.6. The maximum Gasteiger partial charge on any atom is 0.488 e. The van der Waals surface area contributed by atoms with Crippen molar-refractivity contribution in [3.8, 4) is 5.75 Å². The van der Waals surface area contributed by atoms with Gasteiger partial charge in [-0.05, 0) is 30.1 Å². The predicted molar refractivity (Wildman–Crippen MR) is 66.3 cm³/mol. The highest BCUT2D eigenvalue weighted by molar-refractivity contribution is 6.59. The van der Waals surface area contributed by atoms with E-state index in [1.54, 1.807) is 43.0 Å². The van der Waals surface area contributed by atoms with Gasteiger partial charge in [0.05, 0.1) is 6.20 Å². The zero-order valence-corrected chi connectivity index (χ0v) is 10.2. The molecule has 0 bridgehead atoms. The van der Waals surface area contributed by atoms with E-state index in [1.807, 2.05) is 0 Å². The van der Waals surface area contributed by atoms with Gasteiger partial charge in [0.25, 0.3) is 0 Å². The fourth-order valence-corrected chi connectivity index (χ4v) is 1.65. The normalized spacial score (nSPS) is 10.4. The number of ether oxygens (including phenoxy) is 1. The zero-order chi connectivity index (χ0) is 13.1. The Morgan fingerprint density at radius 2 is 2.17 bits per heavy atom. The van der Waals surface area contributed by atoms with Crippen molar-refractivity contribution in [1.29, 1.82) is 0 Å². The molecule has 1 heterocycles. The van der Waals surface area contributed by atoms with Gasteiger partial charge in [-0.3, -0.25) is 4.68 Å². The molecule has 0 atom stereocenters. The summed E-state index contributed by atoms with van der Waals surface area (Å²) in [5, 5.41) is 25.9. The van der Waals surface area contributed by atoms with Crippen LogP contribution in [-0.2, 0) is 13.7 Å². The standard InChI is InChI=1S/C11H14BN3O3/c1-8-5-10(3-4-11(8)12(16)17)18-7-9-6-15(2)14-13-9/h3-6,16-17H,7H2,1-2H3. The maximum atomic E-state index is 9.10. The Morgan fingerprint density at radius 3 is 2.72 bits per heavy atom. The van der Waals surface area contributed by atoms with Crippen molar-refractivity contribution in [2.75, 3.05) is 0 Å². The molecule has 0 saturated heterocycles. The molecule has 0 aliphatic heterocycles. The molecule has 0 radical (unpaired) electrons. The Morgan fingerprint density at radius 1 is 1.39 bits per heavy atom. The number of aromatic nitrogens is 3. The third-order valence-corrected chi connectivity index (χ3v) is 2.56. The average molecular weight is 247 g/mol. The number of benzene rings is 1. The summed E-state index contributed by atoms with van der Waals surface area (Å²) in [6, 6.07) is 5.08. The minimum atomic E-state index is -1.46. The van der Waals surface area contributed by atoms with Gasteiger partial charge in [0.15, 0.2) is 0 Å². The number of hydrogen-bond donors (Lipinski definition) is 2. The first-order chi connectivity index (χ1) is 8.56. The third-order valence-electron chi connectivity index (χ3n) is 2.56. The van der Waals surface area contributed by atoms with Crippen LogP contribution in [0.5, 0.6) is 5.75 Å². The van der Waals surface area contributed by atoms with Crippen LogP contribution in [0.3, 0.4) is 0 Å². The number of rotatable bonds is 4. The topological polar surface area (TPSA) is 80.4 Å². The van der Waals surface area contributed by atoms with Crippen LogP contribution in [0, 0.1) is 6.92 Å². The Hall–Kier alpha value is -1.86. The van der Waals surface area contributed by atoms with E-state index in [2.05, 4.69) is 10.3 Å². The van der Waals surface area contributed by atoms with Gasteiger partial charge < -0.3 is 14.8 Å². The summed E-state index contributed by atoms with van der Waals surface area (Å²) in [7, 11) is 0.331. The maximum absolute atomic E-state index is 9.10. The van der Waals surface area contributed by atoms with Crippen LogP contribution >= 0.6 is 0 Å². The molecule has 2 aromatic rings. The minimum Gasteiger partial charge on any atom is -0.487 e. The lowest BCUT2D eigenvalue weighted by Crippen LogP contribution is -2.31. The molecule has 0 unspecified atom stereocenters. The lowest BCUT2D eigenvalue weighted by molar-refractivity contribution is 0.301. The van der Waals surface area contributed by atoms with Crippen LogP contribution in [0.15, 0.2) is 24.4 Å². The molecule has 0 spiro atoms. The fourth-order valence-electron chi connectivity index (χ4n) is 1.65. The van der Waals surface area contributed by atoms with E-state index in [4.69, 9.17) is 14.8 Å². The van der Waals surface area contributed by atoms with E-state index in [9.17, 15) is 0 Å². The minimum absolute atomic E-state index is 0.328. The Bertz CT molecular complexity index is 542. The first-order valence-electron chi connectivity index (χ1n) is 5.51. The summed E-state index contributed by atoms with van der Waals surface area (Å²) in [6.07, 6.45) is 1.78. The van der Waals surface area contributed by atoms with E-state index < -0.39 is 7.12 Å². The number of nitrogens with zero attached hydrogens (tertiary/aromatic N) is 3. The molecule has 2 N–H and O–H groups in total.